The highest BCUT2D eigenvalue weighted by Gasteiger charge is 2.23. The van der Waals surface area contributed by atoms with Crippen LogP contribution in [0.5, 0.6) is 0 Å². The molecular formula is C20H33N5O. The zero-order valence-corrected chi connectivity index (χ0v) is 16.2. The van der Waals surface area contributed by atoms with Crippen LogP contribution >= 0.6 is 0 Å². The normalized spacial score (nSPS) is 18.2. The van der Waals surface area contributed by atoms with Gasteiger partial charge in [0.15, 0.2) is 5.96 Å². The molecule has 0 radical (unpaired) electrons. The van der Waals surface area contributed by atoms with E-state index in [-0.39, 0.29) is 5.91 Å². The van der Waals surface area contributed by atoms with E-state index in [1.165, 1.54) is 5.56 Å². The van der Waals surface area contributed by atoms with Crippen molar-refractivity contribution in [1.82, 2.24) is 15.1 Å². The molecule has 1 amide bonds. The number of nitrogens with zero attached hydrogens (tertiary/aromatic N) is 3. The number of hydrogen-bond donors (Lipinski definition) is 2. The first kappa shape index (κ1) is 20.2. The van der Waals surface area contributed by atoms with E-state index in [9.17, 15) is 4.79 Å². The third-order valence-corrected chi connectivity index (χ3v) is 4.82. The molecule has 1 aromatic rings. The van der Waals surface area contributed by atoms with E-state index >= 15 is 0 Å². The summed E-state index contributed by atoms with van der Waals surface area (Å²) in [6.07, 6.45) is 3.68. The predicted molar refractivity (Wildman–Crippen MR) is 107 cm³/mol. The second kappa shape index (κ2) is 10.8. The van der Waals surface area contributed by atoms with Crippen LogP contribution in [0.4, 0.5) is 0 Å². The summed E-state index contributed by atoms with van der Waals surface area (Å²) in [5.74, 6) is 1.07. The fraction of sp³-hybridized carbons (Fsp3) is 0.600. The maximum atomic E-state index is 11.2. The Morgan fingerprint density at radius 1 is 1.38 bits per heavy atom. The van der Waals surface area contributed by atoms with Crippen molar-refractivity contribution >= 4 is 11.9 Å². The van der Waals surface area contributed by atoms with Crippen LogP contribution in [0.2, 0.25) is 0 Å². The fourth-order valence-corrected chi connectivity index (χ4v) is 3.56. The number of nitrogens with two attached hydrogens (primary N) is 1. The van der Waals surface area contributed by atoms with Gasteiger partial charge in [-0.25, -0.2) is 0 Å². The van der Waals surface area contributed by atoms with E-state index in [2.05, 4.69) is 51.4 Å². The first-order valence-electron chi connectivity index (χ1n) is 9.55. The molecular weight excluding hydrogens is 326 g/mol. The number of likely N-dealkylation sites (tertiary alicyclic amines) is 1. The van der Waals surface area contributed by atoms with Crippen molar-refractivity contribution in [2.24, 2.45) is 16.6 Å². The summed E-state index contributed by atoms with van der Waals surface area (Å²) < 4.78 is 0. The quantitative estimate of drug-likeness (QED) is 0.421. The zero-order chi connectivity index (χ0) is 18.8. The molecule has 1 heterocycles. The second-order valence-corrected chi connectivity index (χ2v) is 7.18. The SMILES string of the molecule is CN=C(NCCCN(C)Cc1ccccc1)N1CCCC(CC(N)=O)C1. The topological polar surface area (TPSA) is 74.0 Å². The Morgan fingerprint density at radius 3 is 2.85 bits per heavy atom. The highest BCUT2D eigenvalue weighted by atomic mass is 16.1. The molecule has 1 aromatic carbocycles. The average Bonchev–Trinajstić information content (AvgIpc) is 2.62. The number of nitrogens with one attached hydrogen (secondary N) is 1. The van der Waals surface area contributed by atoms with Gasteiger partial charge in [-0.05, 0) is 44.3 Å². The van der Waals surface area contributed by atoms with Gasteiger partial charge in [-0.15, -0.1) is 0 Å². The van der Waals surface area contributed by atoms with Crippen molar-refractivity contribution in [3.63, 3.8) is 0 Å². The molecule has 1 aliphatic rings. The molecule has 1 aliphatic heterocycles. The van der Waals surface area contributed by atoms with Crippen molar-refractivity contribution in [3.05, 3.63) is 35.9 Å². The maximum Gasteiger partial charge on any atom is 0.217 e. The largest absolute Gasteiger partial charge is 0.370 e. The van der Waals surface area contributed by atoms with E-state index in [1.54, 1.807) is 0 Å². The Kier molecular flexibility index (Phi) is 8.41. The number of benzene rings is 1. The third kappa shape index (κ3) is 7.04. The Morgan fingerprint density at radius 2 is 2.15 bits per heavy atom. The van der Waals surface area contributed by atoms with Crippen molar-refractivity contribution in [2.75, 3.05) is 40.3 Å². The summed E-state index contributed by atoms with van der Waals surface area (Å²) in [6, 6.07) is 10.5. The van der Waals surface area contributed by atoms with Crippen LogP contribution in [0.1, 0.15) is 31.2 Å². The van der Waals surface area contributed by atoms with Crippen molar-refractivity contribution in [2.45, 2.75) is 32.2 Å². The molecule has 1 unspecified atom stereocenters. The highest BCUT2D eigenvalue weighted by Crippen LogP contribution is 2.19. The summed E-state index contributed by atoms with van der Waals surface area (Å²) in [7, 11) is 3.97. The summed E-state index contributed by atoms with van der Waals surface area (Å²) in [5, 5.41) is 3.47. The van der Waals surface area contributed by atoms with Gasteiger partial charge in [0.2, 0.25) is 5.91 Å². The van der Waals surface area contributed by atoms with Crippen molar-refractivity contribution in [1.29, 1.82) is 0 Å². The average molecular weight is 360 g/mol. The summed E-state index contributed by atoms with van der Waals surface area (Å²) in [5.41, 5.74) is 6.69. The molecule has 0 saturated carbocycles. The van der Waals surface area contributed by atoms with E-state index in [1.807, 2.05) is 13.1 Å². The van der Waals surface area contributed by atoms with E-state index in [0.29, 0.717) is 12.3 Å². The number of rotatable bonds is 8. The van der Waals surface area contributed by atoms with Gasteiger partial charge in [-0.2, -0.15) is 0 Å². The predicted octanol–water partition coefficient (Wildman–Crippen LogP) is 1.67. The minimum Gasteiger partial charge on any atom is -0.370 e. The van der Waals surface area contributed by atoms with Gasteiger partial charge in [-0.3, -0.25) is 9.79 Å². The minimum atomic E-state index is -0.207. The molecule has 26 heavy (non-hydrogen) atoms. The molecule has 144 valence electrons. The van der Waals surface area contributed by atoms with Gasteiger partial charge in [0.1, 0.15) is 0 Å². The number of amides is 1. The number of aliphatic imine (C=N–C) groups is 1. The van der Waals surface area contributed by atoms with Crippen LogP contribution in [-0.4, -0.2) is 61.9 Å². The standard InChI is InChI=1S/C20H33N5O/c1-22-20(25-13-6-10-18(16-25)14-19(21)26)23-11-7-12-24(2)15-17-8-4-3-5-9-17/h3-5,8-9,18H,6-7,10-16H2,1-2H3,(H2,21,26)(H,22,23). The zero-order valence-electron chi connectivity index (χ0n) is 16.2. The van der Waals surface area contributed by atoms with Crippen LogP contribution < -0.4 is 11.1 Å². The molecule has 6 heteroatoms. The molecule has 0 bridgehead atoms. The Bertz CT molecular complexity index is 575. The Balaban J connectivity index is 1.69. The van der Waals surface area contributed by atoms with E-state index < -0.39 is 0 Å². The van der Waals surface area contributed by atoms with Crippen LogP contribution in [0.25, 0.3) is 0 Å². The van der Waals surface area contributed by atoms with Crippen LogP contribution in [0.3, 0.4) is 0 Å². The molecule has 1 saturated heterocycles. The monoisotopic (exact) mass is 359 g/mol. The van der Waals surface area contributed by atoms with Crippen molar-refractivity contribution < 1.29 is 4.79 Å². The maximum absolute atomic E-state index is 11.2. The van der Waals surface area contributed by atoms with Crippen molar-refractivity contribution in [3.8, 4) is 0 Å². The van der Waals surface area contributed by atoms with Crippen LogP contribution in [0.15, 0.2) is 35.3 Å². The van der Waals surface area contributed by atoms with E-state index in [0.717, 1.165) is 57.9 Å². The summed E-state index contributed by atoms with van der Waals surface area (Å²) in [4.78, 5) is 20.2. The lowest BCUT2D eigenvalue weighted by Crippen LogP contribution is -2.47. The molecule has 0 spiro atoms. The molecule has 0 aliphatic carbocycles. The molecule has 1 fully saturated rings. The lowest BCUT2D eigenvalue weighted by molar-refractivity contribution is -0.119. The molecule has 2 rings (SSSR count). The van der Waals surface area contributed by atoms with Gasteiger partial charge < -0.3 is 20.9 Å². The lowest BCUT2D eigenvalue weighted by atomic mass is 9.95. The number of piperidine rings is 1. The third-order valence-electron chi connectivity index (χ3n) is 4.82. The van der Waals surface area contributed by atoms with Gasteiger partial charge in [-0.1, -0.05) is 30.3 Å². The fourth-order valence-electron chi connectivity index (χ4n) is 3.56. The first-order valence-corrected chi connectivity index (χ1v) is 9.55. The summed E-state index contributed by atoms with van der Waals surface area (Å²) >= 11 is 0. The minimum absolute atomic E-state index is 0.207. The second-order valence-electron chi connectivity index (χ2n) is 7.18. The van der Waals surface area contributed by atoms with Gasteiger partial charge >= 0.3 is 0 Å². The number of guanidine groups is 1. The molecule has 3 N–H and O–H groups in total. The first-order chi connectivity index (χ1) is 12.6. The molecule has 6 nitrogen and oxygen atoms in total. The van der Waals surface area contributed by atoms with Gasteiger partial charge in [0, 0.05) is 39.6 Å². The van der Waals surface area contributed by atoms with Gasteiger partial charge in [0.05, 0.1) is 0 Å². The number of primary amides is 1. The number of hydrogen-bond acceptors (Lipinski definition) is 3. The molecule has 0 aromatic heterocycles. The molecule has 1 atom stereocenters. The smallest absolute Gasteiger partial charge is 0.217 e. The highest BCUT2D eigenvalue weighted by molar-refractivity contribution is 5.80. The van der Waals surface area contributed by atoms with Gasteiger partial charge in [0.25, 0.3) is 0 Å². The number of carbonyl (C=O) groups is 1. The summed E-state index contributed by atoms with van der Waals surface area (Å²) in [6.45, 7) is 4.74. The Labute approximate surface area is 157 Å². The van der Waals surface area contributed by atoms with Crippen LogP contribution in [-0.2, 0) is 11.3 Å². The lowest BCUT2D eigenvalue weighted by Gasteiger charge is -2.34. The van der Waals surface area contributed by atoms with E-state index in [4.69, 9.17) is 5.73 Å². The van der Waals surface area contributed by atoms with Crippen LogP contribution in [0, 0.1) is 5.92 Å². The number of carbonyl (C=O) groups excluding carboxylic acids is 1. The Hall–Kier alpha value is -2.08.